The van der Waals surface area contributed by atoms with Gasteiger partial charge in [0.15, 0.2) is 0 Å². The molecule has 1 aliphatic carbocycles. The van der Waals surface area contributed by atoms with E-state index in [1.165, 1.54) is 22.5 Å². The summed E-state index contributed by atoms with van der Waals surface area (Å²) in [5.41, 5.74) is 5.41. The van der Waals surface area contributed by atoms with Crippen molar-refractivity contribution in [2.75, 3.05) is 4.90 Å². The van der Waals surface area contributed by atoms with Gasteiger partial charge in [0.1, 0.15) is 0 Å². The van der Waals surface area contributed by atoms with E-state index in [1.54, 1.807) is 0 Å². The van der Waals surface area contributed by atoms with Crippen LogP contribution >= 0.6 is 0 Å². The highest BCUT2D eigenvalue weighted by atomic mass is 15.2. The van der Waals surface area contributed by atoms with Gasteiger partial charge in [0.05, 0.1) is 6.04 Å². The first-order valence-electron chi connectivity index (χ1n) is 8.75. The molecule has 1 unspecified atom stereocenters. The smallest absolute Gasteiger partial charge is 0.0560 e. The number of anilines is 2. The highest BCUT2D eigenvalue weighted by Crippen LogP contribution is 2.35. The lowest BCUT2D eigenvalue weighted by molar-refractivity contribution is 0.510. The van der Waals surface area contributed by atoms with Crippen LogP contribution in [0.1, 0.15) is 32.8 Å². The van der Waals surface area contributed by atoms with E-state index >= 15 is 0 Å². The van der Waals surface area contributed by atoms with E-state index in [2.05, 4.69) is 105 Å². The Kier molecular flexibility index (Phi) is 4.62. The molecule has 0 N–H and O–H groups in total. The van der Waals surface area contributed by atoms with Crippen LogP contribution in [0.2, 0.25) is 0 Å². The van der Waals surface area contributed by atoms with Crippen LogP contribution in [0.3, 0.4) is 0 Å². The number of allylic oxidation sites excluding steroid dienone is 2. The van der Waals surface area contributed by atoms with Gasteiger partial charge in [0, 0.05) is 11.4 Å². The van der Waals surface area contributed by atoms with Crippen LogP contribution in [-0.4, -0.2) is 6.04 Å². The third kappa shape index (κ3) is 3.62. The van der Waals surface area contributed by atoms with Gasteiger partial charge >= 0.3 is 0 Å². The third-order valence-electron chi connectivity index (χ3n) is 4.62. The number of benzene rings is 2. The highest BCUT2D eigenvalue weighted by Gasteiger charge is 2.23. The predicted octanol–water partition coefficient (Wildman–Crippen LogP) is 6.43. The first kappa shape index (κ1) is 16.6. The van der Waals surface area contributed by atoms with Crippen LogP contribution in [0.25, 0.3) is 0 Å². The molecule has 1 heteroatoms. The van der Waals surface area contributed by atoms with Gasteiger partial charge < -0.3 is 4.90 Å². The normalized spacial score (nSPS) is 17.5. The molecule has 0 spiro atoms. The molecule has 0 bridgehead atoms. The largest absolute Gasteiger partial charge is 0.334 e. The molecular weight excluding hydrogens is 290 g/mol. The van der Waals surface area contributed by atoms with E-state index in [4.69, 9.17) is 0 Å². The molecule has 0 aliphatic heterocycles. The Bertz CT molecular complexity index is 730. The van der Waals surface area contributed by atoms with Crippen molar-refractivity contribution >= 4 is 11.4 Å². The number of nitrogens with zero attached hydrogens (tertiary/aromatic N) is 1. The van der Waals surface area contributed by atoms with Crippen LogP contribution in [0.4, 0.5) is 11.4 Å². The van der Waals surface area contributed by atoms with Gasteiger partial charge in [-0.3, -0.25) is 0 Å². The summed E-state index contributed by atoms with van der Waals surface area (Å²) >= 11 is 0. The van der Waals surface area contributed by atoms with E-state index in [1.807, 2.05) is 0 Å². The van der Waals surface area contributed by atoms with Gasteiger partial charge in [-0.15, -0.1) is 0 Å². The summed E-state index contributed by atoms with van der Waals surface area (Å²) in [6, 6.07) is 19.8. The minimum Gasteiger partial charge on any atom is -0.334 e. The molecule has 1 nitrogen and oxygen atoms in total. The lowest BCUT2D eigenvalue weighted by Crippen LogP contribution is -2.30. The number of para-hydroxylation sites is 1. The van der Waals surface area contributed by atoms with Crippen molar-refractivity contribution in [2.45, 2.75) is 40.2 Å². The Morgan fingerprint density at radius 2 is 1.50 bits per heavy atom. The summed E-state index contributed by atoms with van der Waals surface area (Å²) in [5.74, 6) is 0. The van der Waals surface area contributed by atoms with Gasteiger partial charge in [-0.25, -0.2) is 0 Å². The molecule has 0 saturated heterocycles. The molecule has 0 aromatic heterocycles. The summed E-state index contributed by atoms with van der Waals surface area (Å²) in [4.78, 5) is 2.44. The Balaban J connectivity index is 1.94. The Labute approximate surface area is 146 Å². The first-order chi connectivity index (χ1) is 11.4. The second-order valence-corrected chi connectivity index (χ2v) is 7.61. The van der Waals surface area contributed by atoms with Crippen molar-refractivity contribution in [3.63, 3.8) is 0 Å². The lowest BCUT2D eigenvalue weighted by Gasteiger charge is -2.34. The fourth-order valence-electron chi connectivity index (χ4n) is 3.18. The van der Waals surface area contributed by atoms with Crippen molar-refractivity contribution in [2.24, 2.45) is 5.41 Å². The van der Waals surface area contributed by atoms with E-state index in [9.17, 15) is 0 Å². The molecule has 3 rings (SSSR count). The molecule has 24 heavy (non-hydrogen) atoms. The fraction of sp³-hybridized carbons (Fsp3) is 0.304. The number of aryl methyl sites for hydroxylation is 1. The van der Waals surface area contributed by atoms with Crippen molar-refractivity contribution in [3.05, 3.63) is 84.0 Å². The zero-order valence-electron chi connectivity index (χ0n) is 15.2. The topological polar surface area (TPSA) is 3.24 Å². The van der Waals surface area contributed by atoms with Crippen LogP contribution < -0.4 is 4.90 Å². The average Bonchev–Trinajstić information content (AvgIpc) is 2.58. The quantitative estimate of drug-likeness (QED) is 0.630. The van der Waals surface area contributed by atoms with Crippen LogP contribution in [0.5, 0.6) is 0 Å². The molecule has 0 fully saturated rings. The molecule has 0 radical (unpaired) electrons. The maximum Gasteiger partial charge on any atom is 0.0560 e. The molecule has 2 aromatic rings. The molecule has 1 aliphatic rings. The Hall–Kier alpha value is -2.28. The SMILES string of the molecule is Cc1ccc(N(c2ccccc2)C2C=CC(C(C)(C)C)=CC2)cc1. The Morgan fingerprint density at radius 1 is 0.875 bits per heavy atom. The van der Waals surface area contributed by atoms with Gasteiger partial charge in [0.25, 0.3) is 0 Å². The molecule has 2 aromatic carbocycles. The van der Waals surface area contributed by atoms with Crippen LogP contribution in [0, 0.1) is 12.3 Å². The molecular formula is C23H27N. The van der Waals surface area contributed by atoms with Crippen molar-refractivity contribution < 1.29 is 0 Å². The second-order valence-electron chi connectivity index (χ2n) is 7.61. The number of hydrogen-bond donors (Lipinski definition) is 0. The second kappa shape index (κ2) is 6.68. The molecule has 1 atom stereocenters. The van der Waals surface area contributed by atoms with Crippen LogP contribution in [0.15, 0.2) is 78.4 Å². The fourth-order valence-corrected chi connectivity index (χ4v) is 3.18. The summed E-state index contributed by atoms with van der Waals surface area (Å²) < 4.78 is 0. The van der Waals surface area contributed by atoms with Crippen LogP contribution in [-0.2, 0) is 0 Å². The van der Waals surface area contributed by atoms with Gasteiger partial charge in [-0.2, -0.15) is 0 Å². The first-order valence-corrected chi connectivity index (χ1v) is 8.75. The van der Waals surface area contributed by atoms with Crippen molar-refractivity contribution in [3.8, 4) is 0 Å². The van der Waals surface area contributed by atoms with Gasteiger partial charge in [0.2, 0.25) is 0 Å². The molecule has 0 amide bonds. The molecule has 0 saturated carbocycles. The standard InChI is InChI=1S/C23H27N/c1-18-10-14-21(15-11-18)24(20-8-6-5-7-9-20)22-16-12-19(13-17-22)23(2,3)4/h5-16,22H,17H2,1-4H3. The highest BCUT2D eigenvalue weighted by molar-refractivity contribution is 5.65. The number of hydrogen-bond acceptors (Lipinski definition) is 1. The van der Waals surface area contributed by atoms with E-state index < -0.39 is 0 Å². The van der Waals surface area contributed by atoms with E-state index in [0.29, 0.717) is 6.04 Å². The van der Waals surface area contributed by atoms with E-state index in [-0.39, 0.29) is 5.41 Å². The minimum atomic E-state index is 0.211. The summed E-state index contributed by atoms with van der Waals surface area (Å²) in [6.45, 7) is 8.96. The monoisotopic (exact) mass is 317 g/mol. The number of rotatable bonds is 3. The predicted molar refractivity (Wildman–Crippen MR) is 105 cm³/mol. The van der Waals surface area contributed by atoms with Gasteiger partial charge in [-0.05, 0) is 48.6 Å². The third-order valence-corrected chi connectivity index (χ3v) is 4.62. The Morgan fingerprint density at radius 3 is 2.04 bits per heavy atom. The molecule has 0 heterocycles. The van der Waals surface area contributed by atoms with E-state index in [0.717, 1.165) is 6.42 Å². The van der Waals surface area contributed by atoms with Gasteiger partial charge in [-0.1, -0.05) is 74.9 Å². The average molecular weight is 317 g/mol. The maximum absolute atomic E-state index is 2.44. The summed E-state index contributed by atoms with van der Waals surface area (Å²) in [5, 5.41) is 0. The maximum atomic E-state index is 2.44. The zero-order valence-corrected chi connectivity index (χ0v) is 15.2. The minimum absolute atomic E-state index is 0.211. The van der Waals surface area contributed by atoms with Crippen molar-refractivity contribution in [1.29, 1.82) is 0 Å². The zero-order chi connectivity index (χ0) is 17.2. The molecule has 124 valence electrons. The summed E-state index contributed by atoms with van der Waals surface area (Å²) in [7, 11) is 0. The van der Waals surface area contributed by atoms with Crippen molar-refractivity contribution in [1.82, 2.24) is 0 Å². The lowest BCUT2D eigenvalue weighted by atomic mass is 9.82. The summed E-state index contributed by atoms with van der Waals surface area (Å²) in [6.07, 6.45) is 8.09.